The van der Waals surface area contributed by atoms with Crippen LogP contribution >= 0.6 is 0 Å². The van der Waals surface area contributed by atoms with Crippen molar-refractivity contribution in [3.63, 3.8) is 0 Å². The zero-order chi connectivity index (χ0) is 13.0. The average Bonchev–Trinajstić information content (AvgIpc) is 2.75. The Bertz CT molecular complexity index is 506. The van der Waals surface area contributed by atoms with Crippen molar-refractivity contribution in [1.29, 1.82) is 0 Å². The topological polar surface area (TPSA) is 60.0 Å². The molecule has 0 saturated heterocycles. The van der Waals surface area contributed by atoms with Crippen LogP contribution in [0.5, 0.6) is 0 Å². The van der Waals surface area contributed by atoms with Gasteiger partial charge in [0.05, 0.1) is 6.54 Å². The van der Waals surface area contributed by atoms with Gasteiger partial charge in [-0.3, -0.25) is 9.58 Å². The van der Waals surface area contributed by atoms with E-state index in [0.717, 1.165) is 18.9 Å². The molecule has 0 saturated carbocycles. The van der Waals surface area contributed by atoms with Crippen LogP contribution in [0.15, 0.2) is 30.6 Å². The van der Waals surface area contributed by atoms with Gasteiger partial charge in [-0.2, -0.15) is 5.10 Å². The Hall–Kier alpha value is -1.72. The molecular weight excluding hydrogens is 226 g/mol. The van der Waals surface area contributed by atoms with E-state index in [1.165, 1.54) is 11.1 Å². The summed E-state index contributed by atoms with van der Waals surface area (Å²) in [5.41, 5.74) is 8.08. The van der Waals surface area contributed by atoms with Crippen LogP contribution in [-0.2, 0) is 26.7 Å². The zero-order valence-corrected chi connectivity index (χ0v) is 10.9. The van der Waals surface area contributed by atoms with Crippen molar-refractivity contribution < 1.29 is 0 Å². The Morgan fingerprint density at radius 2 is 2.06 bits per heavy atom. The fourth-order valence-electron chi connectivity index (χ4n) is 1.93. The van der Waals surface area contributed by atoms with E-state index in [4.69, 9.17) is 5.73 Å². The highest BCUT2D eigenvalue weighted by Gasteiger charge is 2.06. The van der Waals surface area contributed by atoms with Gasteiger partial charge in [0.1, 0.15) is 12.2 Å². The molecule has 1 heterocycles. The van der Waals surface area contributed by atoms with E-state index in [-0.39, 0.29) is 0 Å². The van der Waals surface area contributed by atoms with Crippen LogP contribution in [0.3, 0.4) is 0 Å². The summed E-state index contributed by atoms with van der Waals surface area (Å²) >= 11 is 0. The van der Waals surface area contributed by atoms with Crippen LogP contribution < -0.4 is 5.73 Å². The molecule has 96 valence electrons. The molecule has 1 aromatic heterocycles. The van der Waals surface area contributed by atoms with Crippen molar-refractivity contribution in [3.05, 3.63) is 47.5 Å². The third-order valence-electron chi connectivity index (χ3n) is 2.90. The van der Waals surface area contributed by atoms with Crippen LogP contribution in [0.4, 0.5) is 0 Å². The highest BCUT2D eigenvalue weighted by atomic mass is 15.3. The Morgan fingerprint density at radius 3 is 2.72 bits per heavy atom. The van der Waals surface area contributed by atoms with Crippen LogP contribution in [0.2, 0.25) is 0 Å². The normalized spacial score (nSPS) is 11.1. The molecule has 0 spiro atoms. The van der Waals surface area contributed by atoms with E-state index in [2.05, 4.69) is 34.2 Å². The fraction of sp³-hybridized carbons (Fsp3) is 0.385. The van der Waals surface area contributed by atoms with Crippen LogP contribution in [0.1, 0.15) is 17.0 Å². The molecule has 2 aromatic rings. The van der Waals surface area contributed by atoms with Crippen molar-refractivity contribution in [2.24, 2.45) is 12.8 Å². The van der Waals surface area contributed by atoms with E-state index in [0.29, 0.717) is 6.54 Å². The van der Waals surface area contributed by atoms with Gasteiger partial charge in [-0.15, -0.1) is 0 Å². The quantitative estimate of drug-likeness (QED) is 0.850. The monoisotopic (exact) mass is 245 g/mol. The maximum atomic E-state index is 5.64. The van der Waals surface area contributed by atoms with Crippen LogP contribution in [-0.4, -0.2) is 26.7 Å². The summed E-state index contributed by atoms with van der Waals surface area (Å²) in [5.74, 6) is 0.965. The Kier molecular flexibility index (Phi) is 4.07. The Morgan fingerprint density at radius 1 is 1.28 bits per heavy atom. The lowest BCUT2D eigenvalue weighted by molar-refractivity contribution is 0.305. The zero-order valence-electron chi connectivity index (χ0n) is 10.9. The molecule has 0 unspecified atom stereocenters. The smallest absolute Gasteiger partial charge is 0.140 e. The number of aromatic nitrogens is 3. The first kappa shape index (κ1) is 12.7. The maximum Gasteiger partial charge on any atom is 0.140 e. The summed E-state index contributed by atoms with van der Waals surface area (Å²) in [6.07, 6.45) is 1.58. The number of hydrogen-bond acceptors (Lipinski definition) is 4. The van der Waals surface area contributed by atoms with E-state index in [1.807, 2.05) is 19.2 Å². The van der Waals surface area contributed by atoms with E-state index in [9.17, 15) is 0 Å². The molecule has 0 aliphatic rings. The fourth-order valence-corrected chi connectivity index (χ4v) is 1.93. The second-order valence-corrected chi connectivity index (χ2v) is 4.50. The van der Waals surface area contributed by atoms with Crippen LogP contribution in [0.25, 0.3) is 0 Å². The highest BCUT2D eigenvalue weighted by Crippen LogP contribution is 2.08. The van der Waals surface area contributed by atoms with Gasteiger partial charge in [0.15, 0.2) is 0 Å². The molecule has 0 aliphatic heterocycles. The Labute approximate surface area is 107 Å². The summed E-state index contributed by atoms with van der Waals surface area (Å²) in [7, 11) is 3.98. The minimum absolute atomic E-state index is 0.584. The third kappa shape index (κ3) is 3.15. The predicted molar refractivity (Wildman–Crippen MR) is 70.5 cm³/mol. The third-order valence-corrected chi connectivity index (χ3v) is 2.90. The van der Waals surface area contributed by atoms with Gasteiger partial charge in [-0.1, -0.05) is 24.3 Å². The van der Waals surface area contributed by atoms with Crippen LogP contribution in [0, 0.1) is 0 Å². The van der Waals surface area contributed by atoms with Crippen molar-refractivity contribution in [1.82, 2.24) is 19.7 Å². The largest absolute Gasteiger partial charge is 0.326 e. The molecule has 0 radical (unpaired) electrons. The molecule has 0 aliphatic carbocycles. The summed E-state index contributed by atoms with van der Waals surface area (Å²) in [6.45, 7) is 2.24. The van der Waals surface area contributed by atoms with Crippen molar-refractivity contribution in [2.75, 3.05) is 7.05 Å². The molecule has 0 bridgehead atoms. The number of hydrogen-bond donors (Lipinski definition) is 1. The molecule has 0 fully saturated rings. The van der Waals surface area contributed by atoms with Crippen molar-refractivity contribution in [2.45, 2.75) is 19.6 Å². The highest BCUT2D eigenvalue weighted by molar-refractivity contribution is 5.23. The SMILES string of the molecule is CN(Cc1cccc(CN)c1)Cc1ncnn1C. The summed E-state index contributed by atoms with van der Waals surface area (Å²) < 4.78 is 1.80. The standard InChI is InChI=1S/C13H19N5/c1-17(9-13-15-10-16-18(13)2)8-12-5-3-4-11(6-12)7-14/h3-6,10H,7-9,14H2,1-2H3. The number of nitrogens with two attached hydrogens (primary N) is 1. The molecular formula is C13H19N5. The number of nitrogens with zero attached hydrogens (tertiary/aromatic N) is 4. The second kappa shape index (κ2) is 5.75. The van der Waals surface area contributed by atoms with Gasteiger partial charge in [-0.05, 0) is 18.2 Å². The van der Waals surface area contributed by atoms with Crippen molar-refractivity contribution >= 4 is 0 Å². The maximum absolute atomic E-state index is 5.64. The van der Waals surface area contributed by atoms with E-state index in [1.54, 1.807) is 11.0 Å². The molecule has 5 nitrogen and oxygen atoms in total. The number of aryl methyl sites for hydroxylation is 1. The Balaban J connectivity index is 1.98. The number of benzene rings is 1. The first-order valence-electron chi connectivity index (χ1n) is 5.98. The molecule has 2 N–H and O–H groups in total. The molecule has 2 rings (SSSR count). The number of rotatable bonds is 5. The van der Waals surface area contributed by atoms with E-state index >= 15 is 0 Å². The van der Waals surface area contributed by atoms with E-state index < -0.39 is 0 Å². The van der Waals surface area contributed by atoms with Gasteiger partial charge in [0.2, 0.25) is 0 Å². The molecule has 18 heavy (non-hydrogen) atoms. The van der Waals surface area contributed by atoms with Gasteiger partial charge >= 0.3 is 0 Å². The summed E-state index contributed by atoms with van der Waals surface area (Å²) in [4.78, 5) is 6.43. The van der Waals surface area contributed by atoms with Gasteiger partial charge in [0, 0.05) is 20.1 Å². The molecule has 5 heteroatoms. The van der Waals surface area contributed by atoms with Gasteiger partial charge in [-0.25, -0.2) is 4.98 Å². The summed E-state index contributed by atoms with van der Waals surface area (Å²) in [5, 5.41) is 4.07. The molecule has 0 amide bonds. The minimum atomic E-state index is 0.584. The van der Waals surface area contributed by atoms with Gasteiger partial charge < -0.3 is 5.73 Å². The predicted octanol–water partition coefficient (Wildman–Crippen LogP) is 0.906. The van der Waals surface area contributed by atoms with Gasteiger partial charge in [0.25, 0.3) is 0 Å². The lowest BCUT2D eigenvalue weighted by Crippen LogP contribution is -2.20. The lowest BCUT2D eigenvalue weighted by Gasteiger charge is -2.16. The first-order chi connectivity index (χ1) is 8.69. The minimum Gasteiger partial charge on any atom is -0.326 e. The molecule has 1 aromatic carbocycles. The lowest BCUT2D eigenvalue weighted by atomic mass is 10.1. The first-order valence-corrected chi connectivity index (χ1v) is 5.98. The average molecular weight is 245 g/mol. The second-order valence-electron chi connectivity index (χ2n) is 4.50. The summed E-state index contributed by atoms with van der Waals surface area (Å²) in [6, 6.07) is 8.36. The van der Waals surface area contributed by atoms with Crippen molar-refractivity contribution in [3.8, 4) is 0 Å². The molecule has 0 atom stereocenters.